The summed E-state index contributed by atoms with van der Waals surface area (Å²) < 4.78 is 27.0. The van der Waals surface area contributed by atoms with E-state index in [2.05, 4.69) is 4.98 Å². The minimum atomic E-state index is -3.50. The second-order valence-electron chi connectivity index (χ2n) is 6.38. The first-order valence-electron chi connectivity index (χ1n) is 7.73. The number of nitrogen functional groups attached to an aromatic ring is 1. The standard InChI is InChI=1S/C15H23N3O2S/c16-13-4-9-17-12-14(13)21(19,20)18-10-7-15(8-11-18)5-2-1-3-6-15/h4,9,12H,1-3,5-8,10-11H2,(H2,16,17). The Hall–Kier alpha value is -1.14. The van der Waals surface area contributed by atoms with Gasteiger partial charge in [-0.15, -0.1) is 0 Å². The molecule has 1 aliphatic heterocycles. The third kappa shape index (κ3) is 2.79. The van der Waals surface area contributed by atoms with Crippen molar-refractivity contribution in [2.24, 2.45) is 5.41 Å². The van der Waals surface area contributed by atoms with Crippen LogP contribution in [-0.2, 0) is 10.0 Å². The molecule has 0 bridgehead atoms. The molecule has 116 valence electrons. The van der Waals surface area contributed by atoms with Gasteiger partial charge < -0.3 is 5.73 Å². The molecule has 2 heterocycles. The van der Waals surface area contributed by atoms with Crippen LogP contribution in [0.2, 0.25) is 0 Å². The van der Waals surface area contributed by atoms with E-state index >= 15 is 0 Å². The number of aromatic nitrogens is 1. The smallest absolute Gasteiger partial charge is 0.246 e. The SMILES string of the molecule is Nc1ccncc1S(=O)(=O)N1CCC2(CCCCC2)CC1. The summed E-state index contributed by atoms with van der Waals surface area (Å²) in [4.78, 5) is 4.05. The second-order valence-corrected chi connectivity index (χ2v) is 8.28. The van der Waals surface area contributed by atoms with E-state index in [-0.39, 0.29) is 10.6 Å². The summed E-state index contributed by atoms with van der Waals surface area (Å²) in [6.07, 6.45) is 11.3. The van der Waals surface area contributed by atoms with Gasteiger partial charge in [-0.1, -0.05) is 19.3 Å². The van der Waals surface area contributed by atoms with Gasteiger partial charge in [-0.2, -0.15) is 4.31 Å². The van der Waals surface area contributed by atoms with Crippen molar-refractivity contribution in [3.63, 3.8) is 0 Å². The van der Waals surface area contributed by atoms with Crippen molar-refractivity contribution < 1.29 is 8.42 Å². The van der Waals surface area contributed by atoms with Gasteiger partial charge in [0.1, 0.15) is 4.90 Å². The quantitative estimate of drug-likeness (QED) is 0.910. The second kappa shape index (κ2) is 5.57. The molecule has 1 spiro atoms. The molecule has 3 rings (SSSR count). The first-order chi connectivity index (χ1) is 10.0. The van der Waals surface area contributed by atoms with Crippen molar-refractivity contribution in [3.05, 3.63) is 18.5 Å². The summed E-state index contributed by atoms with van der Waals surface area (Å²) in [7, 11) is -3.50. The zero-order chi connectivity index (χ0) is 14.9. The van der Waals surface area contributed by atoms with E-state index in [0.717, 1.165) is 12.8 Å². The molecule has 0 amide bonds. The van der Waals surface area contributed by atoms with Gasteiger partial charge in [-0.3, -0.25) is 4.98 Å². The van der Waals surface area contributed by atoms with Crippen LogP contribution in [0.3, 0.4) is 0 Å². The maximum atomic E-state index is 12.7. The summed E-state index contributed by atoms with van der Waals surface area (Å²) >= 11 is 0. The lowest BCUT2D eigenvalue weighted by molar-refractivity contribution is 0.102. The Morgan fingerprint density at radius 1 is 1.10 bits per heavy atom. The summed E-state index contributed by atoms with van der Waals surface area (Å²) in [6, 6.07) is 1.54. The number of hydrogen-bond donors (Lipinski definition) is 1. The molecule has 0 atom stereocenters. The molecule has 1 aromatic rings. The van der Waals surface area contributed by atoms with Crippen molar-refractivity contribution in [1.82, 2.24) is 9.29 Å². The summed E-state index contributed by atoms with van der Waals surface area (Å²) in [6.45, 7) is 1.22. The lowest BCUT2D eigenvalue weighted by Gasteiger charge is -2.43. The highest BCUT2D eigenvalue weighted by Gasteiger charge is 2.39. The predicted molar refractivity (Wildman–Crippen MR) is 82.2 cm³/mol. The molecule has 2 aliphatic rings. The van der Waals surface area contributed by atoms with Gasteiger partial charge in [0.15, 0.2) is 0 Å². The van der Waals surface area contributed by atoms with Crippen molar-refractivity contribution >= 4 is 15.7 Å². The van der Waals surface area contributed by atoms with Crippen LogP contribution in [0.15, 0.2) is 23.4 Å². The molecular weight excluding hydrogens is 286 g/mol. The Balaban J connectivity index is 1.76. The molecule has 21 heavy (non-hydrogen) atoms. The molecule has 1 saturated carbocycles. The van der Waals surface area contributed by atoms with Crippen LogP contribution in [0, 0.1) is 5.41 Å². The van der Waals surface area contributed by atoms with E-state index in [4.69, 9.17) is 5.73 Å². The lowest BCUT2D eigenvalue weighted by atomic mass is 9.68. The summed E-state index contributed by atoms with van der Waals surface area (Å²) in [5.41, 5.74) is 6.48. The fraction of sp³-hybridized carbons (Fsp3) is 0.667. The fourth-order valence-electron chi connectivity index (χ4n) is 3.75. The van der Waals surface area contributed by atoms with Gasteiger partial charge in [0.25, 0.3) is 0 Å². The van der Waals surface area contributed by atoms with Gasteiger partial charge in [0.2, 0.25) is 10.0 Å². The molecule has 1 aromatic heterocycles. The molecule has 0 radical (unpaired) electrons. The normalized spacial score (nSPS) is 23.2. The van der Waals surface area contributed by atoms with E-state index in [1.807, 2.05) is 0 Å². The Morgan fingerprint density at radius 2 is 1.76 bits per heavy atom. The van der Waals surface area contributed by atoms with Crippen LogP contribution < -0.4 is 5.73 Å². The predicted octanol–water partition coefficient (Wildman–Crippen LogP) is 2.40. The van der Waals surface area contributed by atoms with Crippen LogP contribution in [0.5, 0.6) is 0 Å². The van der Waals surface area contributed by atoms with E-state index < -0.39 is 10.0 Å². The average molecular weight is 309 g/mol. The molecule has 0 unspecified atom stereocenters. The average Bonchev–Trinajstić information content (AvgIpc) is 2.49. The molecule has 5 nitrogen and oxygen atoms in total. The molecule has 6 heteroatoms. The van der Waals surface area contributed by atoms with Gasteiger partial charge in [-0.25, -0.2) is 8.42 Å². The van der Waals surface area contributed by atoms with E-state index in [1.165, 1.54) is 44.5 Å². The number of hydrogen-bond acceptors (Lipinski definition) is 4. The highest BCUT2D eigenvalue weighted by molar-refractivity contribution is 7.89. The van der Waals surface area contributed by atoms with E-state index in [0.29, 0.717) is 18.5 Å². The lowest BCUT2D eigenvalue weighted by Crippen LogP contribution is -2.44. The number of rotatable bonds is 2. The third-order valence-corrected chi connectivity index (χ3v) is 7.07. The maximum absolute atomic E-state index is 12.7. The number of piperidine rings is 1. The van der Waals surface area contributed by atoms with Crippen LogP contribution in [0.4, 0.5) is 5.69 Å². The Kier molecular flexibility index (Phi) is 3.92. The number of anilines is 1. The summed E-state index contributed by atoms with van der Waals surface area (Å²) in [5.74, 6) is 0. The topological polar surface area (TPSA) is 76.3 Å². The van der Waals surface area contributed by atoms with Crippen LogP contribution in [0.1, 0.15) is 44.9 Å². The zero-order valence-corrected chi connectivity index (χ0v) is 13.1. The highest BCUT2D eigenvalue weighted by Crippen LogP contribution is 2.45. The molecule has 2 fully saturated rings. The van der Waals surface area contributed by atoms with E-state index in [9.17, 15) is 8.42 Å². The van der Waals surface area contributed by atoms with Gasteiger partial charge in [-0.05, 0) is 37.2 Å². The number of nitrogens with zero attached hydrogens (tertiary/aromatic N) is 2. The van der Waals surface area contributed by atoms with Crippen molar-refractivity contribution in [1.29, 1.82) is 0 Å². The molecular formula is C15H23N3O2S. The van der Waals surface area contributed by atoms with Crippen molar-refractivity contribution in [2.45, 2.75) is 49.8 Å². The third-order valence-electron chi connectivity index (χ3n) is 5.13. The number of pyridine rings is 1. The molecule has 1 saturated heterocycles. The van der Waals surface area contributed by atoms with E-state index in [1.54, 1.807) is 10.4 Å². The monoisotopic (exact) mass is 309 g/mol. The Bertz CT molecular complexity index is 599. The Labute approximate surface area is 126 Å². The highest BCUT2D eigenvalue weighted by atomic mass is 32.2. The largest absolute Gasteiger partial charge is 0.398 e. The minimum absolute atomic E-state index is 0.143. The number of sulfonamides is 1. The molecule has 1 aliphatic carbocycles. The first kappa shape index (κ1) is 14.8. The zero-order valence-electron chi connectivity index (χ0n) is 12.3. The van der Waals surface area contributed by atoms with Crippen LogP contribution >= 0.6 is 0 Å². The van der Waals surface area contributed by atoms with Crippen molar-refractivity contribution in [2.75, 3.05) is 18.8 Å². The summed E-state index contributed by atoms with van der Waals surface area (Å²) in [5, 5.41) is 0. The maximum Gasteiger partial charge on any atom is 0.246 e. The fourth-order valence-corrected chi connectivity index (χ4v) is 5.25. The van der Waals surface area contributed by atoms with Crippen LogP contribution in [-0.4, -0.2) is 30.8 Å². The van der Waals surface area contributed by atoms with Crippen molar-refractivity contribution in [3.8, 4) is 0 Å². The van der Waals surface area contributed by atoms with Gasteiger partial charge >= 0.3 is 0 Å². The molecule has 0 aromatic carbocycles. The van der Waals surface area contributed by atoms with Gasteiger partial charge in [0.05, 0.1) is 5.69 Å². The first-order valence-corrected chi connectivity index (χ1v) is 9.17. The van der Waals surface area contributed by atoms with Crippen LogP contribution in [0.25, 0.3) is 0 Å². The Morgan fingerprint density at radius 3 is 2.38 bits per heavy atom. The van der Waals surface area contributed by atoms with Gasteiger partial charge in [0, 0.05) is 25.5 Å². The molecule has 2 N–H and O–H groups in total. The minimum Gasteiger partial charge on any atom is -0.398 e. The number of nitrogens with two attached hydrogens (primary N) is 1.